The summed E-state index contributed by atoms with van der Waals surface area (Å²) in [7, 11) is 0. The van der Waals surface area contributed by atoms with Crippen LogP contribution < -0.4 is 5.32 Å². The first-order valence-corrected chi connectivity index (χ1v) is 7.19. The second-order valence-electron chi connectivity index (χ2n) is 5.80. The second kappa shape index (κ2) is 7.36. The molecule has 19 heavy (non-hydrogen) atoms. The maximum atomic E-state index is 12.0. The Balaban J connectivity index is 2.32. The van der Waals surface area contributed by atoms with Crippen LogP contribution in [0.4, 0.5) is 4.79 Å². The van der Waals surface area contributed by atoms with Crippen LogP contribution in [0.2, 0.25) is 0 Å². The standard InChI is InChI=1S/C14H26N2O3/c1-4-10(2)7-11(3)15-14(19)16-6-5-12(9-16)8-13(17)18/h10-12H,4-9H2,1-3H3,(H,15,19)(H,17,18). The van der Waals surface area contributed by atoms with Gasteiger partial charge < -0.3 is 15.3 Å². The number of amides is 2. The van der Waals surface area contributed by atoms with Crippen LogP contribution in [0.1, 0.15) is 46.5 Å². The van der Waals surface area contributed by atoms with Gasteiger partial charge >= 0.3 is 12.0 Å². The van der Waals surface area contributed by atoms with Gasteiger partial charge in [-0.3, -0.25) is 4.79 Å². The van der Waals surface area contributed by atoms with Crippen molar-refractivity contribution >= 4 is 12.0 Å². The number of nitrogens with zero attached hydrogens (tertiary/aromatic N) is 1. The number of carbonyl (C=O) groups is 2. The summed E-state index contributed by atoms with van der Waals surface area (Å²) in [4.78, 5) is 24.4. The summed E-state index contributed by atoms with van der Waals surface area (Å²) in [6.07, 6.45) is 3.05. The summed E-state index contributed by atoms with van der Waals surface area (Å²) >= 11 is 0. The van der Waals surface area contributed by atoms with Gasteiger partial charge in [0.1, 0.15) is 0 Å². The Labute approximate surface area is 115 Å². The van der Waals surface area contributed by atoms with Crippen molar-refractivity contribution in [3.05, 3.63) is 0 Å². The SMILES string of the molecule is CCC(C)CC(C)NC(=O)N1CCC(CC(=O)O)C1. The molecule has 0 saturated carbocycles. The van der Waals surface area contributed by atoms with Crippen LogP contribution in [0.3, 0.4) is 0 Å². The molecule has 110 valence electrons. The highest BCUT2D eigenvalue weighted by atomic mass is 16.4. The Morgan fingerprint density at radius 3 is 2.68 bits per heavy atom. The lowest BCUT2D eigenvalue weighted by Crippen LogP contribution is -2.43. The number of nitrogens with one attached hydrogen (secondary N) is 1. The van der Waals surface area contributed by atoms with E-state index < -0.39 is 5.97 Å². The fourth-order valence-electron chi connectivity index (χ4n) is 2.56. The predicted octanol–water partition coefficient (Wildman–Crippen LogP) is 2.32. The Bertz CT molecular complexity index is 320. The lowest BCUT2D eigenvalue weighted by atomic mass is 10.0. The highest BCUT2D eigenvalue weighted by Gasteiger charge is 2.28. The van der Waals surface area contributed by atoms with Gasteiger partial charge in [-0.1, -0.05) is 20.3 Å². The molecule has 0 spiro atoms. The monoisotopic (exact) mass is 270 g/mol. The molecule has 3 unspecified atom stereocenters. The summed E-state index contributed by atoms with van der Waals surface area (Å²) in [5.41, 5.74) is 0. The minimum Gasteiger partial charge on any atom is -0.481 e. The van der Waals surface area contributed by atoms with E-state index >= 15 is 0 Å². The third kappa shape index (κ3) is 5.49. The molecule has 0 aromatic carbocycles. The zero-order valence-electron chi connectivity index (χ0n) is 12.2. The lowest BCUT2D eigenvalue weighted by Gasteiger charge is -2.22. The van der Waals surface area contributed by atoms with Gasteiger partial charge in [0.05, 0.1) is 0 Å². The number of carboxylic acid groups (broad SMARTS) is 1. The van der Waals surface area contributed by atoms with E-state index in [1.165, 1.54) is 0 Å². The molecular formula is C14H26N2O3. The van der Waals surface area contributed by atoms with E-state index in [0.717, 1.165) is 19.3 Å². The molecule has 0 radical (unpaired) electrons. The fraction of sp³-hybridized carbons (Fsp3) is 0.857. The summed E-state index contributed by atoms with van der Waals surface area (Å²) in [5.74, 6) is -0.0702. The van der Waals surface area contributed by atoms with Crippen LogP contribution >= 0.6 is 0 Å². The minimum absolute atomic E-state index is 0.0521. The molecule has 1 aliphatic rings. The summed E-state index contributed by atoms with van der Waals surface area (Å²) < 4.78 is 0. The van der Waals surface area contributed by atoms with Crippen molar-refractivity contribution in [2.75, 3.05) is 13.1 Å². The molecule has 1 heterocycles. The van der Waals surface area contributed by atoms with Crippen LogP contribution in [0.25, 0.3) is 0 Å². The normalized spacial score (nSPS) is 22.1. The second-order valence-corrected chi connectivity index (χ2v) is 5.80. The number of rotatable bonds is 6. The van der Waals surface area contributed by atoms with Crippen molar-refractivity contribution in [1.82, 2.24) is 10.2 Å². The first kappa shape index (κ1) is 15.8. The molecule has 1 fully saturated rings. The van der Waals surface area contributed by atoms with Crippen LogP contribution in [0.5, 0.6) is 0 Å². The van der Waals surface area contributed by atoms with Crippen LogP contribution in [0.15, 0.2) is 0 Å². The summed E-state index contributed by atoms with van der Waals surface area (Å²) in [6.45, 7) is 7.58. The zero-order chi connectivity index (χ0) is 14.4. The zero-order valence-corrected chi connectivity index (χ0v) is 12.2. The van der Waals surface area contributed by atoms with Crippen molar-refractivity contribution in [2.45, 2.75) is 52.5 Å². The predicted molar refractivity (Wildman–Crippen MR) is 74.0 cm³/mol. The highest BCUT2D eigenvalue weighted by Crippen LogP contribution is 2.19. The summed E-state index contributed by atoms with van der Waals surface area (Å²) in [6, 6.07) is 0.115. The molecule has 1 saturated heterocycles. The molecule has 0 bridgehead atoms. The molecule has 0 aromatic rings. The first-order valence-electron chi connectivity index (χ1n) is 7.19. The number of hydrogen-bond donors (Lipinski definition) is 2. The molecule has 0 aromatic heterocycles. The first-order chi connectivity index (χ1) is 8.92. The Hall–Kier alpha value is -1.26. The van der Waals surface area contributed by atoms with Crippen LogP contribution in [-0.2, 0) is 4.79 Å². The quantitative estimate of drug-likeness (QED) is 0.778. The van der Waals surface area contributed by atoms with E-state index in [2.05, 4.69) is 19.2 Å². The maximum Gasteiger partial charge on any atom is 0.317 e. The lowest BCUT2D eigenvalue weighted by molar-refractivity contribution is -0.138. The number of carboxylic acids is 1. The smallest absolute Gasteiger partial charge is 0.317 e. The molecule has 2 N–H and O–H groups in total. The van der Waals surface area contributed by atoms with Crippen LogP contribution in [0, 0.1) is 11.8 Å². The average molecular weight is 270 g/mol. The number of hydrogen-bond acceptors (Lipinski definition) is 2. The largest absolute Gasteiger partial charge is 0.481 e. The van der Waals surface area contributed by atoms with E-state index in [4.69, 9.17) is 5.11 Å². The molecular weight excluding hydrogens is 244 g/mol. The topological polar surface area (TPSA) is 69.6 Å². The molecule has 2 amide bonds. The number of carbonyl (C=O) groups excluding carboxylic acids is 1. The third-order valence-corrected chi connectivity index (χ3v) is 3.86. The van der Waals surface area contributed by atoms with Gasteiger partial charge in [-0.2, -0.15) is 0 Å². The van der Waals surface area contributed by atoms with Crippen molar-refractivity contribution in [3.63, 3.8) is 0 Å². The molecule has 1 aliphatic heterocycles. The van der Waals surface area contributed by atoms with Crippen molar-refractivity contribution in [3.8, 4) is 0 Å². The maximum absolute atomic E-state index is 12.0. The van der Waals surface area contributed by atoms with E-state index in [-0.39, 0.29) is 24.4 Å². The Morgan fingerprint density at radius 2 is 2.11 bits per heavy atom. The average Bonchev–Trinajstić information content (AvgIpc) is 2.76. The number of urea groups is 1. The van der Waals surface area contributed by atoms with E-state index in [1.807, 2.05) is 6.92 Å². The Kier molecular flexibility index (Phi) is 6.12. The van der Waals surface area contributed by atoms with Gasteiger partial charge in [0, 0.05) is 25.6 Å². The van der Waals surface area contributed by atoms with Gasteiger partial charge in [0.15, 0.2) is 0 Å². The summed E-state index contributed by atoms with van der Waals surface area (Å²) in [5, 5.41) is 11.8. The highest BCUT2D eigenvalue weighted by molar-refractivity contribution is 5.75. The minimum atomic E-state index is -0.780. The van der Waals surface area contributed by atoms with Gasteiger partial charge in [0.25, 0.3) is 0 Å². The van der Waals surface area contributed by atoms with Gasteiger partial charge in [-0.05, 0) is 31.6 Å². The van der Waals surface area contributed by atoms with Crippen molar-refractivity contribution in [1.29, 1.82) is 0 Å². The molecule has 5 nitrogen and oxygen atoms in total. The van der Waals surface area contributed by atoms with Gasteiger partial charge in [0.2, 0.25) is 0 Å². The number of aliphatic carboxylic acids is 1. The molecule has 0 aliphatic carbocycles. The fourth-order valence-corrected chi connectivity index (χ4v) is 2.56. The van der Waals surface area contributed by atoms with E-state index in [1.54, 1.807) is 4.90 Å². The Morgan fingerprint density at radius 1 is 1.42 bits per heavy atom. The van der Waals surface area contributed by atoms with Gasteiger partial charge in [-0.25, -0.2) is 4.79 Å². The van der Waals surface area contributed by atoms with Gasteiger partial charge in [-0.15, -0.1) is 0 Å². The van der Waals surface area contributed by atoms with Crippen molar-refractivity contribution < 1.29 is 14.7 Å². The number of likely N-dealkylation sites (tertiary alicyclic amines) is 1. The van der Waals surface area contributed by atoms with E-state index in [0.29, 0.717) is 19.0 Å². The van der Waals surface area contributed by atoms with Crippen LogP contribution in [-0.4, -0.2) is 41.1 Å². The molecule has 5 heteroatoms. The molecule has 3 atom stereocenters. The van der Waals surface area contributed by atoms with Crippen molar-refractivity contribution in [2.24, 2.45) is 11.8 Å². The molecule has 1 rings (SSSR count). The van der Waals surface area contributed by atoms with E-state index in [9.17, 15) is 9.59 Å². The third-order valence-electron chi connectivity index (χ3n) is 3.86.